The highest BCUT2D eigenvalue weighted by Crippen LogP contribution is 1.99. The smallest absolute Gasteiger partial charge is 0.375 e. The number of hydrogen-bond donors (Lipinski definition) is 1. The number of carbonyl (C=O) groups is 1. The van der Waals surface area contributed by atoms with Gasteiger partial charge in [0.15, 0.2) is 0 Å². The molecule has 0 aliphatic heterocycles. The van der Waals surface area contributed by atoms with Crippen LogP contribution in [0.25, 0.3) is 5.78 Å². The van der Waals surface area contributed by atoms with E-state index < -0.39 is 5.97 Å². The average molecular weight is 178 g/mol. The highest BCUT2D eigenvalue weighted by atomic mass is 16.4. The van der Waals surface area contributed by atoms with E-state index in [-0.39, 0.29) is 5.82 Å². The first kappa shape index (κ1) is 7.66. The zero-order valence-corrected chi connectivity index (χ0v) is 6.80. The van der Waals surface area contributed by atoms with Crippen LogP contribution in [0.15, 0.2) is 12.4 Å². The summed E-state index contributed by atoms with van der Waals surface area (Å²) in [6.45, 7) is 1.84. The number of carboxylic acids is 1. The molecule has 6 heteroatoms. The van der Waals surface area contributed by atoms with Crippen molar-refractivity contribution in [3.05, 3.63) is 23.8 Å². The van der Waals surface area contributed by atoms with Crippen LogP contribution in [0.5, 0.6) is 0 Å². The molecule has 2 heterocycles. The second-order valence-electron chi connectivity index (χ2n) is 2.62. The van der Waals surface area contributed by atoms with E-state index in [1.54, 1.807) is 12.4 Å². The van der Waals surface area contributed by atoms with Gasteiger partial charge in [-0.2, -0.15) is 4.98 Å². The Morgan fingerprint density at radius 1 is 1.62 bits per heavy atom. The molecule has 6 nitrogen and oxygen atoms in total. The minimum atomic E-state index is -1.15. The summed E-state index contributed by atoms with van der Waals surface area (Å²) in [5, 5.41) is 12.3. The molecule has 0 atom stereocenters. The fourth-order valence-corrected chi connectivity index (χ4v) is 0.966. The van der Waals surface area contributed by atoms with Crippen LogP contribution in [0.4, 0.5) is 0 Å². The predicted molar refractivity (Wildman–Crippen MR) is 42.5 cm³/mol. The molecule has 2 aromatic rings. The summed E-state index contributed by atoms with van der Waals surface area (Å²) >= 11 is 0. The van der Waals surface area contributed by atoms with Crippen molar-refractivity contribution in [2.45, 2.75) is 6.92 Å². The number of hydrogen-bond acceptors (Lipinski definition) is 4. The van der Waals surface area contributed by atoms with Gasteiger partial charge in [0.05, 0.1) is 0 Å². The maximum atomic E-state index is 10.5. The highest BCUT2D eigenvalue weighted by Gasteiger charge is 2.10. The van der Waals surface area contributed by atoms with E-state index in [1.807, 2.05) is 6.92 Å². The maximum Gasteiger partial charge on any atom is 0.375 e. The molecule has 0 aliphatic rings. The van der Waals surface area contributed by atoms with Crippen LogP contribution in [0, 0.1) is 6.92 Å². The Morgan fingerprint density at radius 3 is 3.08 bits per heavy atom. The van der Waals surface area contributed by atoms with Gasteiger partial charge in [-0.15, -0.1) is 5.10 Å². The van der Waals surface area contributed by atoms with Crippen molar-refractivity contribution >= 4 is 11.7 Å². The molecule has 0 aliphatic carbocycles. The summed E-state index contributed by atoms with van der Waals surface area (Å²) in [4.78, 5) is 18.1. The molecule has 0 radical (unpaired) electrons. The Hall–Kier alpha value is -1.98. The van der Waals surface area contributed by atoms with Crippen LogP contribution in [-0.2, 0) is 0 Å². The Bertz CT molecular complexity index is 476. The Kier molecular flexibility index (Phi) is 1.48. The lowest BCUT2D eigenvalue weighted by Crippen LogP contribution is -1.99. The number of aromatic carboxylic acids is 1. The average Bonchev–Trinajstić information content (AvgIpc) is 2.46. The molecule has 0 aromatic carbocycles. The molecule has 66 valence electrons. The third-order valence-electron chi connectivity index (χ3n) is 1.51. The zero-order chi connectivity index (χ0) is 9.42. The molecule has 0 saturated heterocycles. The van der Waals surface area contributed by atoms with Crippen molar-refractivity contribution in [3.63, 3.8) is 0 Å². The van der Waals surface area contributed by atoms with Crippen molar-refractivity contribution in [1.82, 2.24) is 19.6 Å². The molecule has 0 bridgehead atoms. The first-order valence-corrected chi connectivity index (χ1v) is 3.59. The van der Waals surface area contributed by atoms with E-state index in [9.17, 15) is 4.79 Å². The van der Waals surface area contributed by atoms with Crippen LogP contribution >= 0.6 is 0 Å². The second-order valence-corrected chi connectivity index (χ2v) is 2.62. The number of fused-ring (bicyclic) bond motifs is 1. The lowest BCUT2D eigenvalue weighted by Gasteiger charge is -1.90. The first-order valence-electron chi connectivity index (χ1n) is 3.59. The van der Waals surface area contributed by atoms with Crippen molar-refractivity contribution in [2.24, 2.45) is 0 Å². The van der Waals surface area contributed by atoms with E-state index in [4.69, 9.17) is 5.11 Å². The monoisotopic (exact) mass is 178 g/mol. The molecule has 2 rings (SSSR count). The SMILES string of the molecule is Cc1cnc2nc(C(=O)O)nn2c1. The summed E-state index contributed by atoms with van der Waals surface area (Å²) in [6.07, 6.45) is 3.28. The van der Waals surface area contributed by atoms with Gasteiger partial charge in [-0.25, -0.2) is 14.3 Å². The molecule has 0 fully saturated rings. The largest absolute Gasteiger partial charge is 0.475 e. The van der Waals surface area contributed by atoms with Gasteiger partial charge >= 0.3 is 5.97 Å². The van der Waals surface area contributed by atoms with Gasteiger partial charge in [0.25, 0.3) is 11.6 Å². The van der Waals surface area contributed by atoms with E-state index >= 15 is 0 Å². The minimum Gasteiger partial charge on any atom is -0.475 e. The number of rotatable bonds is 1. The molecular weight excluding hydrogens is 172 g/mol. The summed E-state index contributed by atoms with van der Waals surface area (Å²) in [5.74, 6) is -1.09. The Morgan fingerprint density at radius 2 is 2.38 bits per heavy atom. The molecule has 0 saturated carbocycles. The van der Waals surface area contributed by atoms with Crippen molar-refractivity contribution in [3.8, 4) is 0 Å². The van der Waals surface area contributed by atoms with Crippen LogP contribution in [0.2, 0.25) is 0 Å². The fraction of sp³-hybridized carbons (Fsp3) is 0.143. The number of carboxylic acid groups (broad SMARTS) is 1. The van der Waals surface area contributed by atoms with E-state index in [1.165, 1.54) is 4.52 Å². The van der Waals surface area contributed by atoms with Crippen LogP contribution in [0.3, 0.4) is 0 Å². The highest BCUT2D eigenvalue weighted by molar-refractivity contribution is 5.83. The van der Waals surface area contributed by atoms with Gasteiger partial charge < -0.3 is 5.11 Å². The molecule has 13 heavy (non-hydrogen) atoms. The first-order chi connectivity index (χ1) is 6.16. The van der Waals surface area contributed by atoms with Crippen LogP contribution in [0.1, 0.15) is 16.2 Å². The number of nitrogens with zero attached hydrogens (tertiary/aromatic N) is 4. The predicted octanol–water partition coefficient (Wildman–Crippen LogP) is 0.131. The van der Waals surface area contributed by atoms with Crippen LogP contribution < -0.4 is 0 Å². The van der Waals surface area contributed by atoms with Crippen molar-refractivity contribution < 1.29 is 9.90 Å². The van der Waals surface area contributed by atoms with E-state index in [0.717, 1.165) is 5.56 Å². The maximum absolute atomic E-state index is 10.5. The van der Waals surface area contributed by atoms with Crippen LogP contribution in [-0.4, -0.2) is 30.7 Å². The minimum absolute atomic E-state index is 0.238. The van der Waals surface area contributed by atoms with E-state index in [0.29, 0.717) is 5.78 Å². The van der Waals surface area contributed by atoms with Gasteiger partial charge in [-0.3, -0.25) is 0 Å². The van der Waals surface area contributed by atoms with Crippen molar-refractivity contribution in [1.29, 1.82) is 0 Å². The topological polar surface area (TPSA) is 80.4 Å². The Balaban J connectivity index is 2.68. The van der Waals surface area contributed by atoms with E-state index in [2.05, 4.69) is 15.1 Å². The second kappa shape index (κ2) is 2.51. The quantitative estimate of drug-likeness (QED) is 0.671. The molecule has 1 N–H and O–H groups in total. The fourth-order valence-electron chi connectivity index (χ4n) is 0.966. The normalized spacial score (nSPS) is 10.5. The lowest BCUT2D eigenvalue weighted by molar-refractivity contribution is 0.0684. The molecule has 2 aromatic heterocycles. The van der Waals surface area contributed by atoms with Gasteiger partial charge in [0.1, 0.15) is 0 Å². The Labute approximate surface area is 72.9 Å². The van der Waals surface area contributed by atoms with Gasteiger partial charge in [0, 0.05) is 12.4 Å². The van der Waals surface area contributed by atoms with Crippen molar-refractivity contribution in [2.75, 3.05) is 0 Å². The van der Waals surface area contributed by atoms with Gasteiger partial charge in [0.2, 0.25) is 0 Å². The summed E-state index contributed by atoms with van der Waals surface area (Å²) in [5.41, 5.74) is 0.898. The molecule has 0 spiro atoms. The third-order valence-corrected chi connectivity index (χ3v) is 1.51. The standard InChI is InChI=1S/C7H6N4O2/c1-4-2-8-7-9-5(6(12)13)10-11(7)3-4/h2-3H,1H3,(H,12,13). The van der Waals surface area contributed by atoms with Gasteiger partial charge in [-0.1, -0.05) is 0 Å². The number of aryl methyl sites for hydroxylation is 1. The zero-order valence-electron chi connectivity index (χ0n) is 6.80. The molecule has 0 unspecified atom stereocenters. The molecular formula is C7H6N4O2. The lowest BCUT2D eigenvalue weighted by atomic mass is 10.4. The van der Waals surface area contributed by atoms with Gasteiger partial charge in [-0.05, 0) is 12.5 Å². The summed E-state index contributed by atoms with van der Waals surface area (Å²) in [7, 11) is 0. The summed E-state index contributed by atoms with van der Waals surface area (Å²) in [6, 6.07) is 0. The number of aromatic nitrogens is 4. The summed E-state index contributed by atoms with van der Waals surface area (Å²) < 4.78 is 1.35. The third kappa shape index (κ3) is 1.22. The molecule has 0 amide bonds.